The van der Waals surface area contributed by atoms with Gasteiger partial charge in [0, 0.05) is 17.7 Å². The van der Waals surface area contributed by atoms with Gasteiger partial charge < -0.3 is 18.9 Å². The number of benzene rings is 2. The largest absolute Gasteiger partial charge is 0.494 e. The number of hydrogen-bond acceptors (Lipinski definition) is 7. The second-order valence-electron chi connectivity index (χ2n) is 13.2. The van der Waals surface area contributed by atoms with Gasteiger partial charge in [0.2, 0.25) is 0 Å². The number of esters is 3. The summed E-state index contributed by atoms with van der Waals surface area (Å²) >= 11 is 0. The Balaban J connectivity index is 1.51. The quantitative estimate of drug-likeness (QED) is 0.0331. The van der Waals surface area contributed by atoms with Crippen LogP contribution in [0, 0.1) is 17.6 Å². The minimum atomic E-state index is -0.855. The Hall–Kier alpha value is -4.01. The van der Waals surface area contributed by atoms with Gasteiger partial charge in [-0.05, 0) is 62.3 Å². The molecule has 0 saturated heterocycles. The van der Waals surface area contributed by atoms with E-state index in [1.165, 1.54) is 37.5 Å². The third-order valence-corrected chi connectivity index (χ3v) is 8.97. The first-order chi connectivity index (χ1) is 25.3. The molecule has 0 bridgehead atoms. The molecule has 0 unspecified atom stereocenters. The van der Waals surface area contributed by atoms with Crippen molar-refractivity contribution < 1.29 is 42.1 Å². The number of carbonyl (C=O) groups excluding carboxylic acids is 3. The van der Waals surface area contributed by atoms with Crippen LogP contribution in [0.25, 0.3) is 11.1 Å². The van der Waals surface area contributed by atoms with E-state index < -0.39 is 23.6 Å². The monoisotopic (exact) mass is 726 g/mol. The fourth-order valence-corrected chi connectivity index (χ4v) is 5.92. The number of unbranched alkanes of at least 4 members (excludes halogenated alkanes) is 14. The molecule has 288 valence electrons. The summed E-state index contributed by atoms with van der Waals surface area (Å²) < 4.78 is 49.1. The average Bonchev–Trinajstić information content (AvgIpc) is 3.15. The maximum absolute atomic E-state index is 14.0. The Morgan fingerprint density at radius 1 is 0.558 bits per heavy atom. The SMILES string of the molecule is C=CC(=O)OCCCCCCC(CCCCCCOC(=O)C=C)C(=O)OCCCCCCCCCCCOc1ccc(-c2cccc(F)c2F)cc1. The van der Waals surface area contributed by atoms with Gasteiger partial charge >= 0.3 is 17.9 Å². The number of rotatable bonds is 31. The Labute approximate surface area is 310 Å². The lowest BCUT2D eigenvalue weighted by Gasteiger charge is -2.16. The highest BCUT2D eigenvalue weighted by molar-refractivity contribution is 5.81. The van der Waals surface area contributed by atoms with Crippen molar-refractivity contribution in [1.29, 1.82) is 0 Å². The lowest BCUT2D eigenvalue weighted by Crippen LogP contribution is -2.18. The molecule has 0 fully saturated rings. The van der Waals surface area contributed by atoms with Crippen LogP contribution in [0.2, 0.25) is 0 Å². The van der Waals surface area contributed by atoms with Crippen LogP contribution in [0.5, 0.6) is 5.75 Å². The molecular formula is C43H60F2O7. The first-order valence-corrected chi connectivity index (χ1v) is 19.3. The second-order valence-corrected chi connectivity index (χ2v) is 13.2. The Kier molecular flexibility index (Phi) is 24.3. The summed E-state index contributed by atoms with van der Waals surface area (Å²) in [4.78, 5) is 35.3. The van der Waals surface area contributed by atoms with Gasteiger partial charge in [-0.25, -0.2) is 18.4 Å². The van der Waals surface area contributed by atoms with Crippen molar-refractivity contribution >= 4 is 17.9 Å². The molecule has 52 heavy (non-hydrogen) atoms. The highest BCUT2D eigenvalue weighted by Gasteiger charge is 2.19. The smallest absolute Gasteiger partial charge is 0.330 e. The van der Waals surface area contributed by atoms with Gasteiger partial charge in [0.1, 0.15) is 5.75 Å². The van der Waals surface area contributed by atoms with E-state index in [0.29, 0.717) is 32.0 Å². The van der Waals surface area contributed by atoms with E-state index >= 15 is 0 Å². The minimum absolute atomic E-state index is 0.0971. The molecule has 0 N–H and O–H groups in total. The zero-order valence-corrected chi connectivity index (χ0v) is 31.1. The third-order valence-electron chi connectivity index (χ3n) is 8.97. The lowest BCUT2D eigenvalue weighted by atomic mass is 9.94. The summed E-state index contributed by atoms with van der Waals surface area (Å²) in [6.07, 6.45) is 21.0. The van der Waals surface area contributed by atoms with E-state index in [4.69, 9.17) is 18.9 Å². The van der Waals surface area contributed by atoms with Gasteiger partial charge in [-0.15, -0.1) is 0 Å². The molecule has 0 heterocycles. The molecule has 0 saturated carbocycles. The molecule has 2 aromatic rings. The van der Waals surface area contributed by atoms with Crippen LogP contribution in [0.3, 0.4) is 0 Å². The van der Waals surface area contributed by atoms with Gasteiger partial charge in [0.25, 0.3) is 0 Å². The minimum Gasteiger partial charge on any atom is -0.494 e. The van der Waals surface area contributed by atoms with Crippen LogP contribution >= 0.6 is 0 Å². The maximum Gasteiger partial charge on any atom is 0.330 e. The Morgan fingerprint density at radius 2 is 1.00 bits per heavy atom. The van der Waals surface area contributed by atoms with Crippen molar-refractivity contribution in [1.82, 2.24) is 0 Å². The lowest BCUT2D eigenvalue weighted by molar-refractivity contribution is -0.149. The van der Waals surface area contributed by atoms with Crippen molar-refractivity contribution in [2.24, 2.45) is 5.92 Å². The Bertz CT molecular complexity index is 1280. The summed E-state index contributed by atoms with van der Waals surface area (Å²) in [7, 11) is 0. The van der Waals surface area contributed by atoms with Crippen LogP contribution in [0.1, 0.15) is 122 Å². The molecule has 0 amide bonds. The predicted molar refractivity (Wildman–Crippen MR) is 202 cm³/mol. The van der Waals surface area contributed by atoms with E-state index in [1.54, 1.807) is 30.3 Å². The van der Waals surface area contributed by atoms with Crippen LogP contribution < -0.4 is 4.74 Å². The molecule has 2 aromatic carbocycles. The maximum atomic E-state index is 14.0. The molecule has 2 rings (SSSR count). The number of hydrogen-bond donors (Lipinski definition) is 0. The average molecular weight is 727 g/mol. The van der Waals surface area contributed by atoms with Gasteiger partial charge in [-0.1, -0.05) is 121 Å². The van der Waals surface area contributed by atoms with Gasteiger partial charge in [0.15, 0.2) is 11.6 Å². The number of ether oxygens (including phenoxy) is 4. The summed E-state index contributed by atoms with van der Waals surface area (Å²) in [5.41, 5.74) is 0.853. The summed E-state index contributed by atoms with van der Waals surface area (Å²) in [6.45, 7) is 8.65. The molecule has 0 aromatic heterocycles. The first kappa shape index (κ1) is 44.2. The fraction of sp³-hybridized carbons (Fsp3) is 0.558. The normalized spacial score (nSPS) is 10.9. The van der Waals surface area contributed by atoms with Crippen LogP contribution in [-0.4, -0.2) is 44.3 Å². The van der Waals surface area contributed by atoms with E-state index in [1.807, 2.05) is 0 Å². The number of halogens is 2. The van der Waals surface area contributed by atoms with Crippen LogP contribution in [0.4, 0.5) is 8.78 Å². The molecule has 7 nitrogen and oxygen atoms in total. The zero-order valence-electron chi connectivity index (χ0n) is 31.1. The second kappa shape index (κ2) is 28.6. The van der Waals surface area contributed by atoms with Crippen molar-refractivity contribution in [2.45, 2.75) is 122 Å². The van der Waals surface area contributed by atoms with E-state index in [9.17, 15) is 23.2 Å². The summed E-state index contributed by atoms with van der Waals surface area (Å²) in [6, 6.07) is 11.2. The van der Waals surface area contributed by atoms with Gasteiger partial charge in [-0.2, -0.15) is 0 Å². The van der Waals surface area contributed by atoms with E-state index in [-0.39, 0.29) is 17.5 Å². The molecule has 0 aliphatic heterocycles. The van der Waals surface area contributed by atoms with Gasteiger partial charge in [-0.3, -0.25) is 4.79 Å². The van der Waals surface area contributed by atoms with E-state index in [0.717, 1.165) is 115 Å². The summed E-state index contributed by atoms with van der Waals surface area (Å²) in [5.74, 6) is -1.98. The van der Waals surface area contributed by atoms with Crippen molar-refractivity contribution in [2.75, 3.05) is 26.4 Å². The van der Waals surface area contributed by atoms with E-state index in [2.05, 4.69) is 13.2 Å². The van der Waals surface area contributed by atoms with Crippen molar-refractivity contribution in [3.8, 4) is 16.9 Å². The predicted octanol–water partition coefficient (Wildman–Crippen LogP) is 11.0. The van der Waals surface area contributed by atoms with Gasteiger partial charge in [0.05, 0.1) is 32.3 Å². The molecule has 9 heteroatoms. The molecular weight excluding hydrogens is 666 g/mol. The molecule has 0 atom stereocenters. The summed E-state index contributed by atoms with van der Waals surface area (Å²) in [5, 5.41) is 0. The first-order valence-electron chi connectivity index (χ1n) is 19.3. The van der Waals surface area contributed by atoms with Crippen molar-refractivity contribution in [3.63, 3.8) is 0 Å². The zero-order chi connectivity index (χ0) is 37.7. The van der Waals surface area contributed by atoms with Crippen LogP contribution in [-0.2, 0) is 28.6 Å². The highest BCUT2D eigenvalue weighted by Crippen LogP contribution is 2.26. The number of carbonyl (C=O) groups is 3. The fourth-order valence-electron chi connectivity index (χ4n) is 5.92. The molecule has 0 spiro atoms. The van der Waals surface area contributed by atoms with Crippen LogP contribution in [0.15, 0.2) is 67.8 Å². The Morgan fingerprint density at radius 3 is 1.50 bits per heavy atom. The molecule has 0 aliphatic rings. The highest BCUT2D eigenvalue weighted by atomic mass is 19.2. The molecule has 0 radical (unpaired) electrons. The molecule has 0 aliphatic carbocycles. The van der Waals surface area contributed by atoms with Crippen molar-refractivity contribution in [3.05, 3.63) is 79.4 Å². The topological polar surface area (TPSA) is 88.1 Å². The standard InChI is InChI=1S/C43H60F2O7/c1-3-40(46)50-32-19-14-10-16-23-36(24-17-11-15-20-33-51-41(47)4-2)43(48)52-34-21-13-9-7-5-6-8-12-18-31-49-37-29-27-35(28-30-37)38-25-22-26-39(44)42(38)45/h3-4,22,25-30,36H,1-2,5-21,23-24,31-34H2. The third kappa shape index (κ3) is 20.1.